The summed E-state index contributed by atoms with van der Waals surface area (Å²) in [6.45, 7) is 2.29. The molecule has 1 aromatic carbocycles. The van der Waals surface area contributed by atoms with Gasteiger partial charge < -0.3 is 19.9 Å². The van der Waals surface area contributed by atoms with Crippen molar-refractivity contribution in [3.8, 4) is 11.5 Å². The zero-order chi connectivity index (χ0) is 12.3. The number of rotatable bonds is 4. The van der Waals surface area contributed by atoms with Crippen molar-refractivity contribution in [3.63, 3.8) is 0 Å². The first-order chi connectivity index (χ1) is 8.16. The molecule has 2 N–H and O–H groups in total. The van der Waals surface area contributed by atoms with Gasteiger partial charge in [-0.3, -0.25) is 4.79 Å². The number of primary amides is 1. The topological polar surface area (TPSA) is 70.8 Å². The summed E-state index contributed by atoms with van der Waals surface area (Å²) in [6, 6.07) is 7.43. The van der Waals surface area contributed by atoms with Crippen LogP contribution in [0.4, 0.5) is 0 Å². The third-order valence-corrected chi connectivity index (χ3v) is 2.50. The van der Waals surface area contributed by atoms with Crippen molar-refractivity contribution in [1.82, 2.24) is 0 Å². The molecule has 2 atom stereocenters. The number of para-hydroxylation sites is 2. The molecule has 1 aliphatic rings. The molecule has 5 heteroatoms. The van der Waals surface area contributed by atoms with Crippen molar-refractivity contribution < 1.29 is 19.0 Å². The van der Waals surface area contributed by atoms with Crippen LogP contribution in [0.3, 0.4) is 0 Å². The number of benzene rings is 1. The fourth-order valence-electron chi connectivity index (χ4n) is 1.48. The summed E-state index contributed by atoms with van der Waals surface area (Å²) in [4.78, 5) is 10.8. The second-order valence-electron chi connectivity index (χ2n) is 3.88. The number of fused-ring (bicyclic) bond motifs is 1. The Labute approximate surface area is 99.5 Å². The molecule has 2 unspecified atom stereocenters. The van der Waals surface area contributed by atoms with E-state index in [1.54, 1.807) is 6.92 Å². The smallest absolute Gasteiger partial charge is 0.246 e. The normalized spacial score (nSPS) is 19.7. The molecule has 1 heterocycles. The van der Waals surface area contributed by atoms with E-state index in [-0.39, 0.29) is 12.7 Å². The van der Waals surface area contributed by atoms with Crippen LogP contribution in [-0.2, 0) is 9.53 Å². The molecule has 0 radical (unpaired) electrons. The molecule has 2 rings (SSSR count). The zero-order valence-corrected chi connectivity index (χ0v) is 9.59. The lowest BCUT2D eigenvalue weighted by Gasteiger charge is -2.26. The van der Waals surface area contributed by atoms with Gasteiger partial charge in [0.1, 0.15) is 12.7 Å². The molecule has 17 heavy (non-hydrogen) atoms. The van der Waals surface area contributed by atoms with E-state index in [0.29, 0.717) is 12.4 Å². The van der Waals surface area contributed by atoms with Crippen LogP contribution in [0.1, 0.15) is 6.92 Å². The third kappa shape index (κ3) is 2.88. The Hall–Kier alpha value is -1.75. The van der Waals surface area contributed by atoms with Gasteiger partial charge in [0.05, 0.1) is 6.61 Å². The first-order valence-electron chi connectivity index (χ1n) is 5.46. The summed E-state index contributed by atoms with van der Waals surface area (Å²) in [5, 5.41) is 0. The van der Waals surface area contributed by atoms with Crippen LogP contribution in [-0.4, -0.2) is 31.3 Å². The second kappa shape index (κ2) is 5.05. The van der Waals surface area contributed by atoms with E-state index in [4.69, 9.17) is 19.9 Å². The molecule has 92 valence electrons. The lowest BCUT2D eigenvalue weighted by molar-refractivity contribution is -0.130. The van der Waals surface area contributed by atoms with Gasteiger partial charge in [-0.1, -0.05) is 12.1 Å². The second-order valence-corrected chi connectivity index (χ2v) is 3.88. The Morgan fingerprint density at radius 2 is 2.24 bits per heavy atom. The van der Waals surface area contributed by atoms with Gasteiger partial charge >= 0.3 is 0 Å². The highest BCUT2D eigenvalue weighted by Gasteiger charge is 2.22. The molecule has 0 bridgehead atoms. The summed E-state index contributed by atoms with van der Waals surface area (Å²) >= 11 is 0. The Bertz CT molecular complexity index is 407. The molecule has 1 aliphatic heterocycles. The first-order valence-corrected chi connectivity index (χ1v) is 5.46. The zero-order valence-electron chi connectivity index (χ0n) is 9.59. The first kappa shape index (κ1) is 11.7. The van der Waals surface area contributed by atoms with Crippen LogP contribution in [0, 0.1) is 0 Å². The molecule has 0 saturated carbocycles. The van der Waals surface area contributed by atoms with E-state index < -0.39 is 12.0 Å². The van der Waals surface area contributed by atoms with Gasteiger partial charge in [-0.25, -0.2) is 0 Å². The van der Waals surface area contributed by atoms with E-state index in [0.717, 1.165) is 5.75 Å². The SMILES string of the molecule is CC(OCC1COc2ccccc2O1)C(N)=O. The Morgan fingerprint density at radius 1 is 1.53 bits per heavy atom. The number of amides is 1. The summed E-state index contributed by atoms with van der Waals surface area (Å²) in [6.07, 6.45) is -0.831. The Morgan fingerprint density at radius 3 is 2.94 bits per heavy atom. The molecule has 1 amide bonds. The number of hydrogen-bond acceptors (Lipinski definition) is 4. The van der Waals surface area contributed by atoms with E-state index in [9.17, 15) is 4.79 Å². The molecular formula is C12H15NO4. The fraction of sp³-hybridized carbons (Fsp3) is 0.417. The van der Waals surface area contributed by atoms with Crippen molar-refractivity contribution in [2.45, 2.75) is 19.1 Å². The van der Waals surface area contributed by atoms with Gasteiger partial charge in [0.2, 0.25) is 5.91 Å². The van der Waals surface area contributed by atoms with E-state index >= 15 is 0 Å². The predicted octanol–water partition coefficient (Wildman–Crippen LogP) is 0.717. The maximum absolute atomic E-state index is 10.8. The Kier molecular flexibility index (Phi) is 3.49. The maximum atomic E-state index is 10.8. The number of carbonyl (C=O) groups excluding carboxylic acids is 1. The minimum atomic E-state index is -0.615. The van der Waals surface area contributed by atoms with Crippen molar-refractivity contribution >= 4 is 5.91 Å². The summed E-state index contributed by atoms with van der Waals surface area (Å²) in [5.74, 6) is 0.938. The van der Waals surface area contributed by atoms with Crippen LogP contribution < -0.4 is 15.2 Å². The Balaban J connectivity index is 1.88. The quantitative estimate of drug-likeness (QED) is 0.837. The highest BCUT2D eigenvalue weighted by Crippen LogP contribution is 2.30. The van der Waals surface area contributed by atoms with Crippen LogP contribution in [0.2, 0.25) is 0 Å². The number of nitrogens with two attached hydrogens (primary N) is 1. The predicted molar refractivity (Wildman–Crippen MR) is 61.0 cm³/mol. The molecule has 0 spiro atoms. The summed E-state index contributed by atoms with van der Waals surface area (Å²) in [7, 11) is 0. The van der Waals surface area contributed by atoms with Crippen LogP contribution in [0.5, 0.6) is 11.5 Å². The summed E-state index contributed by atoms with van der Waals surface area (Å²) in [5.41, 5.74) is 5.09. The standard InChI is InChI=1S/C12H15NO4/c1-8(12(13)14)15-6-9-7-16-10-4-2-3-5-11(10)17-9/h2-5,8-9H,6-7H2,1H3,(H2,13,14). The van der Waals surface area contributed by atoms with Crippen LogP contribution in [0.15, 0.2) is 24.3 Å². The molecular weight excluding hydrogens is 222 g/mol. The third-order valence-electron chi connectivity index (χ3n) is 2.50. The largest absolute Gasteiger partial charge is 0.486 e. The molecule has 0 fully saturated rings. The number of ether oxygens (including phenoxy) is 3. The van der Waals surface area contributed by atoms with Gasteiger partial charge in [-0.15, -0.1) is 0 Å². The van der Waals surface area contributed by atoms with E-state index in [1.807, 2.05) is 24.3 Å². The average molecular weight is 237 g/mol. The minimum Gasteiger partial charge on any atom is -0.486 e. The van der Waals surface area contributed by atoms with Crippen molar-refractivity contribution in [1.29, 1.82) is 0 Å². The monoisotopic (exact) mass is 237 g/mol. The maximum Gasteiger partial charge on any atom is 0.246 e. The van der Waals surface area contributed by atoms with Gasteiger partial charge in [-0.2, -0.15) is 0 Å². The average Bonchev–Trinajstić information content (AvgIpc) is 2.35. The highest BCUT2D eigenvalue weighted by atomic mass is 16.6. The summed E-state index contributed by atoms with van der Waals surface area (Å²) < 4.78 is 16.4. The highest BCUT2D eigenvalue weighted by molar-refractivity contribution is 5.78. The molecule has 0 saturated heterocycles. The van der Waals surface area contributed by atoms with E-state index in [2.05, 4.69) is 0 Å². The van der Waals surface area contributed by atoms with Crippen LogP contribution >= 0.6 is 0 Å². The van der Waals surface area contributed by atoms with Crippen molar-refractivity contribution in [2.24, 2.45) is 5.73 Å². The van der Waals surface area contributed by atoms with Gasteiger partial charge in [0.15, 0.2) is 17.6 Å². The van der Waals surface area contributed by atoms with Crippen molar-refractivity contribution in [3.05, 3.63) is 24.3 Å². The van der Waals surface area contributed by atoms with Gasteiger partial charge in [0.25, 0.3) is 0 Å². The lowest BCUT2D eigenvalue weighted by atomic mass is 10.2. The lowest BCUT2D eigenvalue weighted by Crippen LogP contribution is -2.37. The number of carbonyl (C=O) groups is 1. The molecule has 1 aromatic rings. The van der Waals surface area contributed by atoms with E-state index in [1.165, 1.54) is 0 Å². The molecule has 5 nitrogen and oxygen atoms in total. The minimum absolute atomic E-state index is 0.216. The van der Waals surface area contributed by atoms with Crippen LogP contribution in [0.25, 0.3) is 0 Å². The van der Waals surface area contributed by atoms with Gasteiger partial charge in [0, 0.05) is 0 Å². The van der Waals surface area contributed by atoms with Crippen molar-refractivity contribution in [2.75, 3.05) is 13.2 Å². The fourth-order valence-corrected chi connectivity index (χ4v) is 1.48. The number of hydrogen-bond donors (Lipinski definition) is 1. The van der Waals surface area contributed by atoms with Gasteiger partial charge in [-0.05, 0) is 19.1 Å². The molecule has 0 aliphatic carbocycles. The molecule has 0 aromatic heterocycles.